The lowest BCUT2D eigenvalue weighted by Crippen LogP contribution is -2.15. The van der Waals surface area contributed by atoms with Crippen molar-refractivity contribution in [1.82, 2.24) is 5.16 Å². The number of nitrogens with one attached hydrogen (secondary N) is 1. The van der Waals surface area contributed by atoms with Gasteiger partial charge in [0, 0.05) is 5.69 Å². The normalized spacial score (nSPS) is 10.5. The minimum Gasteiger partial charge on any atom is -0.497 e. The molecule has 0 atom stereocenters. The molecule has 0 radical (unpaired) electrons. The zero-order valence-corrected chi connectivity index (χ0v) is 15.6. The maximum absolute atomic E-state index is 12.6. The Bertz CT molecular complexity index is 899. The summed E-state index contributed by atoms with van der Waals surface area (Å²) in [6, 6.07) is 14.9. The molecule has 0 fully saturated rings. The van der Waals surface area contributed by atoms with Crippen LogP contribution in [0.2, 0.25) is 0 Å². The summed E-state index contributed by atoms with van der Waals surface area (Å²) in [5, 5.41) is 6.70. The van der Waals surface area contributed by atoms with Crippen LogP contribution in [0.4, 0.5) is 5.69 Å². The fraction of sp³-hybridized carbons (Fsp3) is 0.238. The van der Waals surface area contributed by atoms with Crippen LogP contribution >= 0.6 is 0 Å². The molecule has 0 saturated carbocycles. The Hall–Kier alpha value is -3.28. The number of methoxy groups -OCH3 is 1. The van der Waals surface area contributed by atoms with E-state index in [1.807, 2.05) is 24.3 Å². The molecule has 0 bridgehead atoms. The van der Waals surface area contributed by atoms with Crippen molar-refractivity contribution in [3.63, 3.8) is 0 Å². The van der Waals surface area contributed by atoms with Crippen LogP contribution < -0.4 is 14.8 Å². The Labute approximate surface area is 158 Å². The van der Waals surface area contributed by atoms with Crippen LogP contribution in [-0.2, 0) is 13.0 Å². The minimum absolute atomic E-state index is 0.201. The number of hydrogen-bond donors (Lipinski definition) is 1. The van der Waals surface area contributed by atoms with Gasteiger partial charge < -0.3 is 19.3 Å². The molecule has 2 aromatic carbocycles. The second kappa shape index (κ2) is 8.40. The SMILES string of the molecule is CCc1ccc(OCc2c(C(=O)Nc3ccc(OC)cc3)noc2C)cc1. The van der Waals surface area contributed by atoms with E-state index in [-0.39, 0.29) is 18.2 Å². The van der Waals surface area contributed by atoms with Gasteiger partial charge in [-0.3, -0.25) is 4.79 Å². The molecule has 3 aromatic rings. The molecule has 3 rings (SSSR count). The van der Waals surface area contributed by atoms with Gasteiger partial charge in [0.05, 0.1) is 12.7 Å². The number of rotatable bonds is 7. The monoisotopic (exact) mass is 366 g/mol. The number of ether oxygens (including phenoxy) is 2. The van der Waals surface area contributed by atoms with Gasteiger partial charge in [0.2, 0.25) is 0 Å². The number of aryl methyl sites for hydroxylation is 2. The molecule has 27 heavy (non-hydrogen) atoms. The van der Waals surface area contributed by atoms with Crippen molar-refractivity contribution < 1.29 is 18.8 Å². The van der Waals surface area contributed by atoms with Crippen LogP contribution in [0.3, 0.4) is 0 Å². The van der Waals surface area contributed by atoms with Gasteiger partial charge in [-0.05, 0) is 55.3 Å². The number of anilines is 1. The number of carbonyl (C=O) groups is 1. The van der Waals surface area contributed by atoms with E-state index in [2.05, 4.69) is 17.4 Å². The summed E-state index contributed by atoms with van der Waals surface area (Å²) in [7, 11) is 1.59. The summed E-state index contributed by atoms with van der Waals surface area (Å²) in [6.45, 7) is 4.06. The van der Waals surface area contributed by atoms with Crippen LogP contribution in [-0.4, -0.2) is 18.2 Å². The number of nitrogens with zero attached hydrogens (tertiary/aromatic N) is 1. The highest BCUT2D eigenvalue weighted by atomic mass is 16.5. The molecule has 0 spiro atoms. The molecular formula is C21H22N2O4. The first-order chi connectivity index (χ1) is 13.1. The van der Waals surface area contributed by atoms with Crippen LogP contribution in [0.1, 0.15) is 34.3 Å². The molecule has 6 heteroatoms. The average molecular weight is 366 g/mol. The van der Waals surface area contributed by atoms with Crippen molar-refractivity contribution in [2.24, 2.45) is 0 Å². The zero-order valence-electron chi connectivity index (χ0n) is 15.6. The molecule has 0 aliphatic rings. The van der Waals surface area contributed by atoms with Gasteiger partial charge >= 0.3 is 0 Å². The number of benzene rings is 2. The summed E-state index contributed by atoms with van der Waals surface area (Å²) in [4.78, 5) is 12.6. The standard InChI is InChI=1S/C21H22N2O4/c1-4-15-5-9-18(10-6-15)26-13-19-14(2)27-23-20(19)21(24)22-16-7-11-17(25-3)12-8-16/h5-12H,4,13H2,1-3H3,(H,22,24). The maximum atomic E-state index is 12.6. The van der Waals surface area contributed by atoms with Gasteiger partial charge in [0.25, 0.3) is 5.91 Å². The van der Waals surface area contributed by atoms with Gasteiger partial charge in [-0.2, -0.15) is 0 Å². The number of hydrogen-bond acceptors (Lipinski definition) is 5. The van der Waals surface area contributed by atoms with E-state index < -0.39 is 0 Å². The Morgan fingerprint density at radius 2 is 1.74 bits per heavy atom. The van der Waals surface area contributed by atoms with Crippen molar-refractivity contribution >= 4 is 11.6 Å². The predicted molar refractivity (Wildman–Crippen MR) is 102 cm³/mol. The fourth-order valence-corrected chi connectivity index (χ4v) is 2.58. The lowest BCUT2D eigenvalue weighted by molar-refractivity contribution is 0.101. The van der Waals surface area contributed by atoms with Crippen molar-refractivity contribution in [3.05, 3.63) is 71.1 Å². The molecule has 0 saturated heterocycles. The van der Waals surface area contributed by atoms with Gasteiger partial charge in [-0.25, -0.2) is 0 Å². The Balaban J connectivity index is 1.69. The first kappa shape index (κ1) is 18.5. The van der Waals surface area contributed by atoms with E-state index in [4.69, 9.17) is 14.0 Å². The second-order valence-electron chi connectivity index (χ2n) is 6.03. The van der Waals surface area contributed by atoms with Crippen LogP contribution in [0, 0.1) is 6.92 Å². The molecule has 140 valence electrons. The highest BCUT2D eigenvalue weighted by Crippen LogP contribution is 2.21. The fourth-order valence-electron chi connectivity index (χ4n) is 2.58. The third-order valence-electron chi connectivity index (χ3n) is 4.26. The van der Waals surface area contributed by atoms with Gasteiger partial charge in [-0.15, -0.1) is 0 Å². The predicted octanol–water partition coefficient (Wildman–Crippen LogP) is 4.39. The summed E-state index contributed by atoms with van der Waals surface area (Å²) in [6.07, 6.45) is 0.973. The molecule has 1 N–H and O–H groups in total. The van der Waals surface area contributed by atoms with E-state index >= 15 is 0 Å². The van der Waals surface area contributed by atoms with Crippen molar-refractivity contribution in [2.75, 3.05) is 12.4 Å². The van der Waals surface area contributed by atoms with Gasteiger partial charge in [0.15, 0.2) is 5.69 Å². The van der Waals surface area contributed by atoms with E-state index in [0.29, 0.717) is 22.8 Å². The average Bonchev–Trinajstić information content (AvgIpc) is 3.08. The minimum atomic E-state index is -0.350. The molecule has 0 aliphatic heterocycles. The van der Waals surface area contributed by atoms with E-state index in [9.17, 15) is 4.79 Å². The lowest BCUT2D eigenvalue weighted by atomic mass is 10.1. The van der Waals surface area contributed by atoms with Gasteiger partial charge in [-0.1, -0.05) is 24.2 Å². The molecular weight excluding hydrogens is 344 g/mol. The van der Waals surface area contributed by atoms with Crippen LogP contribution in [0.5, 0.6) is 11.5 Å². The van der Waals surface area contributed by atoms with Crippen molar-refractivity contribution in [3.8, 4) is 11.5 Å². The molecule has 0 aliphatic carbocycles. The Morgan fingerprint density at radius 1 is 1.07 bits per heavy atom. The second-order valence-corrected chi connectivity index (χ2v) is 6.03. The van der Waals surface area contributed by atoms with Gasteiger partial charge in [0.1, 0.15) is 23.9 Å². The first-order valence-corrected chi connectivity index (χ1v) is 8.73. The summed E-state index contributed by atoms with van der Waals surface area (Å²) < 4.78 is 16.1. The molecule has 1 heterocycles. The number of amides is 1. The van der Waals surface area contributed by atoms with Crippen molar-refractivity contribution in [2.45, 2.75) is 26.9 Å². The van der Waals surface area contributed by atoms with Crippen LogP contribution in [0.25, 0.3) is 0 Å². The zero-order chi connectivity index (χ0) is 19.2. The lowest BCUT2D eigenvalue weighted by Gasteiger charge is -2.08. The number of carbonyl (C=O) groups excluding carboxylic acids is 1. The summed E-state index contributed by atoms with van der Waals surface area (Å²) in [5.74, 6) is 1.65. The van der Waals surface area contributed by atoms with E-state index in [1.54, 1.807) is 38.3 Å². The Kier molecular flexibility index (Phi) is 5.76. The smallest absolute Gasteiger partial charge is 0.278 e. The highest BCUT2D eigenvalue weighted by molar-refractivity contribution is 6.03. The quantitative estimate of drug-likeness (QED) is 0.671. The molecule has 0 unspecified atom stereocenters. The Morgan fingerprint density at radius 3 is 2.37 bits per heavy atom. The third-order valence-corrected chi connectivity index (χ3v) is 4.26. The third kappa shape index (κ3) is 4.47. The molecule has 1 aromatic heterocycles. The van der Waals surface area contributed by atoms with E-state index in [0.717, 1.165) is 12.2 Å². The van der Waals surface area contributed by atoms with Crippen molar-refractivity contribution in [1.29, 1.82) is 0 Å². The molecule has 6 nitrogen and oxygen atoms in total. The first-order valence-electron chi connectivity index (χ1n) is 8.73. The van der Waals surface area contributed by atoms with E-state index in [1.165, 1.54) is 5.56 Å². The largest absolute Gasteiger partial charge is 0.497 e. The highest BCUT2D eigenvalue weighted by Gasteiger charge is 2.20. The molecule has 1 amide bonds. The number of aromatic nitrogens is 1. The summed E-state index contributed by atoms with van der Waals surface area (Å²) in [5.41, 5.74) is 2.72. The van der Waals surface area contributed by atoms with Crippen LogP contribution in [0.15, 0.2) is 53.1 Å². The summed E-state index contributed by atoms with van der Waals surface area (Å²) >= 11 is 0. The maximum Gasteiger partial charge on any atom is 0.278 e. The topological polar surface area (TPSA) is 73.6 Å².